The van der Waals surface area contributed by atoms with Crippen molar-refractivity contribution in [3.63, 3.8) is 0 Å². The van der Waals surface area contributed by atoms with Crippen molar-refractivity contribution in [2.24, 2.45) is 5.92 Å². The minimum absolute atomic E-state index is 0.0160. The van der Waals surface area contributed by atoms with Crippen LogP contribution in [0.2, 0.25) is 0 Å². The van der Waals surface area contributed by atoms with Crippen molar-refractivity contribution in [3.8, 4) is 0 Å². The van der Waals surface area contributed by atoms with Gasteiger partial charge in [-0.1, -0.05) is 12.1 Å². The third-order valence-corrected chi connectivity index (χ3v) is 7.91. The van der Waals surface area contributed by atoms with Crippen LogP contribution in [0, 0.1) is 11.7 Å². The molecule has 4 heterocycles. The molecule has 2 aromatic rings. The molecule has 6 rings (SSSR count). The number of amides is 1. The van der Waals surface area contributed by atoms with E-state index < -0.39 is 0 Å². The largest absolute Gasteiger partial charge is 0.346 e. The van der Waals surface area contributed by atoms with Gasteiger partial charge in [0.25, 0.3) is 5.91 Å². The average Bonchev–Trinajstić information content (AvgIpc) is 3.36. The fourth-order valence-corrected chi connectivity index (χ4v) is 6.00. The van der Waals surface area contributed by atoms with Crippen LogP contribution in [0.25, 0.3) is 10.1 Å². The summed E-state index contributed by atoms with van der Waals surface area (Å²) in [5.74, 6) is 0.764. The first kappa shape index (κ1) is 16.7. The molecule has 3 saturated heterocycles. The Kier molecular flexibility index (Phi) is 3.70. The number of nitrogens with one attached hydrogen (secondary N) is 1. The number of piperidine rings is 3. The molecule has 4 aliphatic rings. The summed E-state index contributed by atoms with van der Waals surface area (Å²) in [5, 5.41) is 4.14. The van der Waals surface area contributed by atoms with Gasteiger partial charge in [0, 0.05) is 11.6 Å². The maximum atomic E-state index is 14.8. The monoisotopic (exact) mass is 372 g/mol. The summed E-state index contributed by atoms with van der Waals surface area (Å²) in [6.45, 7) is 6.72. The summed E-state index contributed by atoms with van der Waals surface area (Å²) in [5.41, 5.74) is 0.808. The van der Waals surface area contributed by atoms with Gasteiger partial charge in [-0.25, -0.2) is 4.39 Å². The van der Waals surface area contributed by atoms with Crippen LogP contribution >= 0.6 is 11.3 Å². The minimum Gasteiger partial charge on any atom is -0.346 e. The highest BCUT2D eigenvalue weighted by atomic mass is 32.1. The van der Waals surface area contributed by atoms with Gasteiger partial charge in [-0.2, -0.15) is 0 Å². The molecule has 1 aliphatic carbocycles. The maximum absolute atomic E-state index is 14.8. The van der Waals surface area contributed by atoms with E-state index in [-0.39, 0.29) is 23.3 Å². The molecule has 1 N–H and O–H groups in total. The lowest BCUT2D eigenvalue weighted by atomic mass is 9.72. The van der Waals surface area contributed by atoms with Crippen LogP contribution in [0.3, 0.4) is 0 Å². The molecule has 2 bridgehead atoms. The maximum Gasteiger partial charge on any atom is 0.261 e. The highest BCUT2D eigenvalue weighted by Gasteiger charge is 2.48. The number of halogens is 1. The Hall–Kier alpha value is -1.46. The fourth-order valence-electron chi connectivity index (χ4n) is 5.00. The Morgan fingerprint density at radius 3 is 2.62 bits per heavy atom. The molecule has 1 saturated carbocycles. The van der Waals surface area contributed by atoms with Gasteiger partial charge >= 0.3 is 0 Å². The Balaban J connectivity index is 1.43. The molecule has 1 atom stereocenters. The summed E-state index contributed by atoms with van der Waals surface area (Å²) in [4.78, 5) is 16.1. The van der Waals surface area contributed by atoms with E-state index in [1.807, 2.05) is 18.2 Å². The number of benzene rings is 1. The summed E-state index contributed by atoms with van der Waals surface area (Å²) in [7, 11) is 0. The Labute approximate surface area is 157 Å². The molecule has 0 unspecified atom stereocenters. The number of hydrogen-bond acceptors (Lipinski definition) is 3. The van der Waals surface area contributed by atoms with Crippen LogP contribution in [0.5, 0.6) is 0 Å². The van der Waals surface area contributed by atoms with Crippen molar-refractivity contribution >= 4 is 27.3 Å². The van der Waals surface area contributed by atoms with Crippen LogP contribution in [0.15, 0.2) is 18.2 Å². The number of thiophene rings is 1. The van der Waals surface area contributed by atoms with Crippen molar-refractivity contribution in [1.82, 2.24) is 10.2 Å². The Morgan fingerprint density at radius 1 is 1.23 bits per heavy atom. The first-order valence-electron chi connectivity index (χ1n) is 9.73. The van der Waals surface area contributed by atoms with Crippen molar-refractivity contribution in [3.05, 3.63) is 34.5 Å². The van der Waals surface area contributed by atoms with E-state index in [0.29, 0.717) is 21.4 Å². The van der Waals surface area contributed by atoms with E-state index in [0.717, 1.165) is 49.7 Å². The van der Waals surface area contributed by atoms with Gasteiger partial charge < -0.3 is 5.32 Å². The van der Waals surface area contributed by atoms with Gasteiger partial charge in [0.15, 0.2) is 0 Å². The molecule has 1 amide bonds. The number of rotatable bonds is 3. The van der Waals surface area contributed by atoms with Crippen LogP contribution < -0.4 is 5.32 Å². The van der Waals surface area contributed by atoms with Crippen LogP contribution in [-0.2, 0) is 0 Å². The van der Waals surface area contributed by atoms with Crippen molar-refractivity contribution in [2.75, 3.05) is 13.1 Å². The number of hydrogen-bond donors (Lipinski definition) is 1. The molecule has 0 spiro atoms. The molecule has 0 radical (unpaired) electrons. The second-order valence-electron chi connectivity index (χ2n) is 8.70. The second-order valence-corrected chi connectivity index (χ2v) is 9.75. The summed E-state index contributed by atoms with van der Waals surface area (Å²) < 4.78 is 15.4. The third kappa shape index (κ3) is 2.51. The number of carbonyl (C=O) groups is 1. The van der Waals surface area contributed by atoms with E-state index in [4.69, 9.17) is 0 Å². The predicted molar refractivity (Wildman–Crippen MR) is 103 cm³/mol. The zero-order chi connectivity index (χ0) is 18.1. The van der Waals surface area contributed by atoms with E-state index >= 15 is 0 Å². The molecule has 4 fully saturated rings. The van der Waals surface area contributed by atoms with E-state index in [1.165, 1.54) is 11.3 Å². The predicted octanol–water partition coefficient (Wildman–Crippen LogP) is 4.52. The highest BCUT2D eigenvalue weighted by molar-refractivity contribution is 7.20. The standard InChI is InChI=1S/C21H25FN2OS/c1-21(2)19(13-7-9-24(21)10-8-13)23-20(25)16-11-14-5-6-15(12-3-4-12)17(22)18(14)26-16/h5-6,11-13,19H,3-4,7-10H2,1-2H3,(H,23,25)/t19-/m1/s1. The molecule has 5 heteroatoms. The van der Waals surface area contributed by atoms with Crippen LogP contribution in [0.1, 0.15) is 60.7 Å². The summed E-state index contributed by atoms with van der Waals surface area (Å²) in [6, 6.07) is 5.89. The van der Waals surface area contributed by atoms with E-state index in [1.54, 1.807) is 0 Å². The Morgan fingerprint density at radius 2 is 1.96 bits per heavy atom. The first-order valence-corrected chi connectivity index (χ1v) is 10.5. The quantitative estimate of drug-likeness (QED) is 0.859. The van der Waals surface area contributed by atoms with E-state index in [2.05, 4.69) is 24.1 Å². The molecule has 1 aromatic carbocycles. The number of carbonyl (C=O) groups excluding carboxylic acids is 1. The number of fused-ring (bicyclic) bond motifs is 4. The average molecular weight is 373 g/mol. The lowest BCUT2D eigenvalue weighted by Gasteiger charge is -2.56. The smallest absolute Gasteiger partial charge is 0.261 e. The van der Waals surface area contributed by atoms with Gasteiger partial charge in [-0.15, -0.1) is 11.3 Å². The van der Waals surface area contributed by atoms with Crippen molar-refractivity contribution < 1.29 is 9.18 Å². The van der Waals surface area contributed by atoms with Crippen LogP contribution in [0.4, 0.5) is 4.39 Å². The number of nitrogens with zero attached hydrogens (tertiary/aromatic N) is 1. The first-order chi connectivity index (χ1) is 12.4. The molecule has 3 nitrogen and oxygen atoms in total. The zero-order valence-electron chi connectivity index (χ0n) is 15.3. The second kappa shape index (κ2) is 5.77. The SMILES string of the molecule is CC1(C)[C@H](NC(=O)c2cc3ccc(C4CC4)c(F)c3s2)C2CCN1CC2. The molecule has 1 aromatic heterocycles. The molecule has 138 valence electrons. The van der Waals surface area contributed by atoms with Gasteiger partial charge in [-0.3, -0.25) is 9.69 Å². The van der Waals surface area contributed by atoms with E-state index in [9.17, 15) is 9.18 Å². The van der Waals surface area contributed by atoms with Gasteiger partial charge in [-0.05, 0) is 81.5 Å². The molecular weight excluding hydrogens is 347 g/mol. The summed E-state index contributed by atoms with van der Waals surface area (Å²) >= 11 is 1.30. The highest BCUT2D eigenvalue weighted by Crippen LogP contribution is 2.44. The summed E-state index contributed by atoms with van der Waals surface area (Å²) in [6.07, 6.45) is 4.46. The third-order valence-electron chi connectivity index (χ3n) is 6.77. The Bertz CT molecular complexity index is 878. The van der Waals surface area contributed by atoms with Crippen molar-refractivity contribution in [1.29, 1.82) is 0 Å². The molecular formula is C21H25FN2OS. The zero-order valence-corrected chi connectivity index (χ0v) is 16.2. The lowest BCUT2D eigenvalue weighted by Crippen LogP contribution is -2.69. The lowest BCUT2D eigenvalue weighted by molar-refractivity contribution is -0.0377. The van der Waals surface area contributed by atoms with Gasteiger partial charge in [0.05, 0.1) is 9.58 Å². The van der Waals surface area contributed by atoms with Gasteiger partial charge in [0.2, 0.25) is 0 Å². The fraction of sp³-hybridized carbons (Fsp3) is 0.571. The molecule has 3 aliphatic heterocycles. The minimum atomic E-state index is -0.114. The topological polar surface area (TPSA) is 32.3 Å². The van der Waals surface area contributed by atoms with Crippen molar-refractivity contribution in [2.45, 2.75) is 57.0 Å². The van der Waals surface area contributed by atoms with Gasteiger partial charge in [0.1, 0.15) is 5.82 Å². The van der Waals surface area contributed by atoms with Crippen LogP contribution in [-0.4, -0.2) is 35.5 Å². The molecule has 26 heavy (non-hydrogen) atoms. The normalized spacial score (nSPS) is 29.9.